The molecule has 2 aliphatic heterocycles. The number of allylic oxidation sites excluding steroid dienone is 6. The van der Waals surface area contributed by atoms with E-state index in [0.29, 0.717) is 13.2 Å². The minimum atomic E-state index is -0.0984. The van der Waals surface area contributed by atoms with Crippen molar-refractivity contribution in [1.82, 2.24) is 0 Å². The fourth-order valence-electron chi connectivity index (χ4n) is 9.80. The van der Waals surface area contributed by atoms with Crippen molar-refractivity contribution >= 4 is 0 Å². The van der Waals surface area contributed by atoms with E-state index < -0.39 is 0 Å². The Balaban J connectivity index is 0.914. The molecule has 3 unspecified atom stereocenters. The van der Waals surface area contributed by atoms with Crippen LogP contribution in [0.4, 0.5) is 0 Å². The van der Waals surface area contributed by atoms with E-state index in [1.165, 1.54) is 85.2 Å². The monoisotopic (exact) mass is 860 g/mol. The highest BCUT2D eigenvalue weighted by atomic mass is 16.7. The summed E-state index contributed by atoms with van der Waals surface area (Å²) in [6, 6.07) is 53.6. The molecule has 4 nitrogen and oxygen atoms in total. The van der Waals surface area contributed by atoms with Crippen molar-refractivity contribution in [1.29, 1.82) is 0 Å². The third-order valence-corrected chi connectivity index (χ3v) is 13.5. The average molecular weight is 861 g/mol. The predicted octanol–water partition coefficient (Wildman–Crippen LogP) is 13.9. The summed E-state index contributed by atoms with van der Waals surface area (Å²) in [5.74, 6) is 0.260. The normalized spacial score (nSPS) is 20.6. The van der Waals surface area contributed by atoms with Crippen molar-refractivity contribution in [3.05, 3.63) is 248 Å². The summed E-state index contributed by atoms with van der Waals surface area (Å²) in [4.78, 5) is 0. The van der Waals surface area contributed by atoms with Gasteiger partial charge in [-0.05, 0) is 149 Å². The number of rotatable bonds is 17. The lowest BCUT2D eigenvalue weighted by Gasteiger charge is -2.23. The van der Waals surface area contributed by atoms with Crippen LogP contribution in [0.5, 0.6) is 0 Å². The Hall–Kier alpha value is -5.62. The molecule has 0 bridgehead atoms. The Morgan fingerprint density at radius 1 is 0.400 bits per heavy atom. The molecule has 0 N–H and O–H groups in total. The lowest BCUT2D eigenvalue weighted by molar-refractivity contribution is -0.169. The van der Waals surface area contributed by atoms with Crippen molar-refractivity contribution in [2.75, 3.05) is 13.2 Å². The van der Waals surface area contributed by atoms with Gasteiger partial charge in [-0.25, -0.2) is 0 Å². The van der Waals surface area contributed by atoms with E-state index >= 15 is 0 Å². The summed E-state index contributed by atoms with van der Waals surface area (Å²) >= 11 is 0. The van der Waals surface area contributed by atoms with E-state index in [1.807, 2.05) is 0 Å². The summed E-state index contributed by atoms with van der Waals surface area (Å²) in [5, 5.41) is 0. The van der Waals surface area contributed by atoms with Crippen molar-refractivity contribution in [3.63, 3.8) is 0 Å². The lowest BCUT2D eigenvalue weighted by Crippen LogP contribution is -2.22. The molecule has 2 saturated heterocycles. The van der Waals surface area contributed by atoms with E-state index in [1.54, 1.807) is 0 Å². The van der Waals surface area contributed by atoms with Crippen LogP contribution in [-0.2, 0) is 64.3 Å². The summed E-state index contributed by atoms with van der Waals surface area (Å²) in [6.45, 7) is 2.73. The van der Waals surface area contributed by atoms with E-state index in [-0.39, 0.29) is 18.5 Å². The van der Waals surface area contributed by atoms with Gasteiger partial charge in [-0.15, -0.1) is 0 Å². The quantitative estimate of drug-likeness (QED) is 0.0915. The largest absolute Gasteiger partial charge is 0.353 e. The maximum atomic E-state index is 6.26. The van der Waals surface area contributed by atoms with E-state index in [4.69, 9.17) is 18.9 Å². The molecule has 3 atom stereocenters. The van der Waals surface area contributed by atoms with Gasteiger partial charge in [0.2, 0.25) is 0 Å². The van der Waals surface area contributed by atoms with Gasteiger partial charge in [-0.2, -0.15) is 0 Å². The molecule has 332 valence electrons. The number of ether oxygens (including phenoxy) is 4. The zero-order valence-electron chi connectivity index (χ0n) is 37.9. The van der Waals surface area contributed by atoms with Crippen LogP contribution in [-0.4, -0.2) is 25.8 Å². The molecule has 0 radical (unpaired) electrons. The molecule has 0 amide bonds. The van der Waals surface area contributed by atoms with Crippen LogP contribution < -0.4 is 0 Å². The van der Waals surface area contributed by atoms with Crippen molar-refractivity contribution in [3.8, 4) is 0 Å². The first kappa shape index (κ1) is 44.6. The number of hydrogen-bond acceptors (Lipinski definition) is 4. The fraction of sp³-hybridized carbons (Fsp3) is 0.311. The summed E-state index contributed by atoms with van der Waals surface area (Å²) in [5.41, 5.74) is 17.5. The number of benzene rings is 6. The molecule has 0 spiro atoms. The maximum absolute atomic E-state index is 6.26. The molecular formula is C61H64O4. The number of hydrogen-bond donors (Lipinski definition) is 0. The third kappa shape index (κ3) is 12.4. The summed E-state index contributed by atoms with van der Waals surface area (Å²) < 4.78 is 24.3. The van der Waals surface area contributed by atoms with Crippen molar-refractivity contribution in [2.24, 2.45) is 0 Å². The van der Waals surface area contributed by atoms with Gasteiger partial charge in [0.05, 0.1) is 13.2 Å². The molecule has 1 aliphatic carbocycles. The van der Waals surface area contributed by atoms with Crippen molar-refractivity contribution in [2.45, 2.75) is 109 Å². The fourth-order valence-corrected chi connectivity index (χ4v) is 9.80. The Morgan fingerprint density at radius 3 is 1.23 bits per heavy atom. The van der Waals surface area contributed by atoms with Crippen LogP contribution in [0.25, 0.3) is 0 Å². The summed E-state index contributed by atoms with van der Waals surface area (Å²) in [6.07, 6.45) is 23.3. The predicted molar refractivity (Wildman–Crippen MR) is 264 cm³/mol. The van der Waals surface area contributed by atoms with Gasteiger partial charge < -0.3 is 18.9 Å². The molecular weight excluding hydrogens is 797 g/mol. The molecule has 65 heavy (non-hydrogen) atoms. The summed E-state index contributed by atoms with van der Waals surface area (Å²) in [7, 11) is 0. The van der Waals surface area contributed by atoms with Gasteiger partial charge in [-0.1, -0.05) is 176 Å². The SMILES string of the molecule is C1=C\C(Cc2ccccc2Cc2ccccc2Cc2ccccc2COC2CCCCO2)=C\C(c2ccccc2Cc2ccccc2Cc2ccccc2COC2CCCCO2)C/C=C/1. The van der Waals surface area contributed by atoms with Crippen LogP contribution in [0.3, 0.4) is 0 Å². The Morgan fingerprint density at radius 2 is 0.785 bits per heavy atom. The first-order chi connectivity index (χ1) is 32.2. The van der Waals surface area contributed by atoms with Gasteiger partial charge in [0.25, 0.3) is 0 Å². The van der Waals surface area contributed by atoms with E-state index in [9.17, 15) is 0 Å². The maximum Gasteiger partial charge on any atom is 0.158 e. The first-order valence-corrected chi connectivity index (χ1v) is 24.1. The van der Waals surface area contributed by atoms with Crippen LogP contribution in [0, 0.1) is 0 Å². The standard InChI is InChI=1S/C61H64O4/c1-2-20-46(38-47-21-4-5-22-48(47)40-49-23-6-7-24-50(49)41-53-27-10-12-31-57(53)44-64-60-34-16-18-36-62-60)39-55(29-3-1)59-33-15-14-30-56(59)43-52-26-9-8-25-51(52)42-54-28-11-13-32-58(54)45-65-61-35-17-19-37-63-61/h1-15,20-28,30-33,39,55,60-61H,16-19,29,34-38,40-45H2/b3-1+,20-2-,46-39-. The van der Waals surface area contributed by atoms with Crippen molar-refractivity contribution < 1.29 is 18.9 Å². The molecule has 9 rings (SSSR count). The van der Waals surface area contributed by atoms with E-state index in [2.05, 4.69) is 176 Å². The van der Waals surface area contributed by atoms with Gasteiger partial charge in [0.1, 0.15) is 0 Å². The smallest absolute Gasteiger partial charge is 0.158 e. The third-order valence-electron chi connectivity index (χ3n) is 13.5. The van der Waals surface area contributed by atoms with E-state index in [0.717, 1.165) is 77.4 Å². The van der Waals surface area contributed by atoms with Crippen LogP contribution >= 0.6 is 0 Å². The second-order valence-electron chi connectivity index (χ2n) is 18.0. The zero-order valence-corrected chi connectivity index (χ0v) is 37.9. The highest BCUT2D eigenvalue weighted by Crippen LogP contribution is 2.33. The second-order valence-corrected chi connectivity index (χ2v) is 18.0. The minimum Gasteiger partial charge on any atom is -0.353 e. The molecule has 3 aliphatic rings. The zero-order chi connectivity index (χ0) is 43.9. The van der Waals surface area contributed by atoms with Gasteiger partial charge in [-0.3, -0.25) is 0 Å². The molecule has 2 heterocycles. The lowest BCUT2D eigenvalue weighted by atomic mass is 9.84. The van der Waals surface area contributed by atoms with Gasteiger partial charge in [0.15, 0.2) is 12.6 Å². The second kappa shape index (κ2) is 23.0. The molecule has 4 heteroatoms. The first-order valence-electron chi connectivity index (χ1n) is 24.1. The Kier molecular flexibility index (Phi) is 15.8. The molecule has 0 saturated carbocycles. The van der Waals surface area contributed by atoms with Gasteiger partial charge >= 0.3 is 0 Å². The van der Waals surface area contributed by atoms with Crippen LogP contribution in [0.15, 0.2) is 182 Å². The van der Waals surface area contributed by atoms with Crippen LogP contribution in [0.1, 0.15) is 118 Å². The van der Waals surface area contributed by atoms with Gasteiger partial charge in [0, 0.05) is 19.1 Å². The Bertz CT molecular complexity index is 2550. The highest BCUT2D eigenvalue weighted by Gasteiger charge is 2.19. The van der Waals surface area contributed by atoms with Crippen LogP contribution in [0.2, 0.25) is 0 Å². The minimum absolute atomic E-state index is 0.0976. The topological polar surface area (TPSA) is 36.9 Å². The Labute approximate surface area is 387 Å². The molecule has 2 fully saturated rings. The highest BCUT2D eigenvalue weighted by molar-refractivity contribution is 5.46. The molecule has 6 aromatic rings. The average Bonchev–Trinajstić information content (AvgIpc) is 3.34. The molecule has 0 aromatic heterocycles. The molecule has 6 aromatic carbocycles.